The molecule has 0 radical (unpaired) electrons. The number of hydrogen-bond acceptors (Lipinski definition) is 6. The number of benzene rings is 1. The molecule has 0 spiro atoms. The molecule has 0 amide bonds. The molecule has 7 heteroatoms. The van der Waals surface area contributed by atoms with Crippen molar-refractivity contribution in [3.05, 3.63) is 47.7 Å². The van der Waals surface area contributed by atoms with E-state index in [4.69, 9.17) is 9.84 Å². The number of aromatic hydroxyl groups is 2. The second kappa shape index (κ2) is 8.14. The Bertz CT molecular complexity index is 746. The summed E-state index contributed by atoms with van der Waals surface area (Å²) < 4.78 is 5.10. The summed E-state index contributed by atoms with van der Waals surface area (Å²) in [7, 11) is 0. The summed E-state index contributed by atoms with van der Waals surface area (Å²) in [4.78, 5) is 34.3. The Morgan fingerprint density at radius 2 is 2.00 bits per heavy atom. The first kappa shape index (κ1) is 18.3. The van der Waals surface area contributed by atoms with Gasteiger partial charge < -0.3 is 20.1 Å². The van der Waals surface area contributed by atoms with E-state index in [0.29, 0.717) is 12.0 Å². The zero-order chi connectivity index (χ0) is 18.4. The number of ketones is 1. The van der Waals surface area contributed by atoms with Gasteiger partial charge in [-0.25, -0.2) is 4.79 Å². The van der Waals surface area contributed by atoms with Gasteiger partial charge in [0.05, 0.1) is 0 Å². The second-order valence-corrected chi connectivity index (χ2v) is 5.65. The van der Waals surface area contributed by atoms with Crippen LogP contribution < -0.4 is 0 Å². The summed E-state index contributed by atoms with van der Waals surface area (Å²) in [6.07, 6.45) is 4.81. The van der Waals surface area contributed by atoms with Crippen molar-refractivity contribution in [2.75, 3.05) is 0 Å². The first-order chi connectivity index (χ1) is 11.8. The first-order valence-corrected chi connectivity index (χ1v) is 7.73. The molecule has 1 aliphatic carbocycles. The molecular formula is C18H18O7. The zero-order valence-electron chi connectivity index (χ0n) is 13.3. The summed E-state index contributed by atoms with van der Waals surface area (Å²) >= 11 is 0. The normalized spacial score (nSPS) is 17.4. The molecular weight excluding hydrogens is 328 g/mol. The summed E-state index contributed by atoms with van der Waals surface area (Å²) in [6, 6.07) is 4.24. The van der Waals surface area contributed by atoms with Crippen molar-refractivity contribution in [1.29, 1.82) is 0 Å². The van der Waals surface area contributed by atoms with Crippen LogP contribution in [-0.4, -0.2) is 33.0 Å². The highest BCUT2D eigenvalue weighted by atomic mass is 16.5. The molecule has 0 fully saturated rings. The van der Waals surface area contributed by atoms with Crippen molar-refractivity contribution in [3.63, 3.8) is 0 Å². The van der Waals surface area contributed by atoms with Gasteiger partial charge in [0.25, 0.3) is 0 Å². The van der Waals surface area contributed by atoms with Crippen molar-refractivity contribution in [1.82, 2.24) is 0 Å². The lowest BCUT2D eigenvalue weighted by molar-refractivity contribution is -0.142. The fourth-order valence-corrected chi connectivity index (χ4v) is 2.38. The van der Waals surface area contributed by atoms with Crippen LogP contribution in [0.25, 0.3) is 0 Å². The third kappa shape index (κ3) is 5.49. The van der Waals surface area contributed by atoms with E-state index in [9.17, 15) is 24.6 Å². The monoisotopic (exact) mass is 346 g/mol. The number of carbonyl (C=O) groups excluding carboxylic acids is 2. The van der Waals surface area contributed by atoms with Gasteiger partial charge in [-0.05, 0) is 42.5 Å². The molecule has 0 saturated carbocycles. The third-order valence-corrected chi connectivity index (χ3v) is 3.71. The highest BCUT2D eigenvalue weighted by Crippen LogP contribution is 2.26. The largest absolute Gasteiger partial charge is 0.504 e. The van der Waals surface area contributed by atoms with Crippen LogP contribution >= 0.6 is 0 Å². The van der Waals surface area contributed by atoms with Crippen molar-refractivity contribution < 1.29 is 34.4 Å². The molecule has 0 aliphatic heterocycles. The number of phenolic OH excluding ortho intramolecular Hbond substituents is 2. The van der Waals surface area contributed by atoms with Crippen molar-refractivity contribution in [2.24, 2.45) is 5.92 Å². The van der Waals surface area contributed by atoms with Gasteiger partial charge in [-0.3, -0.25) is 9.59 Å². The minimum absolute atomic E-state index is 0.00946. The van der Waals surface area contributed by atoms with Gasteiger partial charge in [0.2, 0.25) is 0 Å². The van der Waals surface area contributed by atoms with Crippen molar-refractivity contribution in [2.45, 2.75) is 25.7 Å². The molecule has 0 bridgehead atoms. The van der Waals surface area contributed by atoms with Gasteiger partial charge in [0.1, 0.15) is 0 Å². The number of Topliss-reactive ketones (excluding diaryl/α,β-unsaturated/α-hetero) is 1. The number of aliphatic carboxylic acids is 1. The van der Waals surface area contributed by atoms with Gasteiger partial charge in [0.15, 0.2) is 23.0 Å². The van der Waals surface area contributed by atoms with Crippen LogP contribution in [0.1, 0.15) is 24.8 Å². The Morgan fingerprint density at radius 3 is 2.68 bits per heavy atom. The predicted octanol–water partition coefficient (Wildman–Crippen LogP) is 2.08. The van der Waals surface area contributed by atoms with Gasteiger partial charge in [-0.1, -0.05) is 12.1 Å². The van der Waals surface area contributed by atoms with Gasteiger partial charge >= 0.3 is 11.9 Å². The topological polar surface area (TPSA) is 121 Å². The van der Waals surface area contributed by atoms with Crippen LogP contribution in [0.5, 0.6) is 11.5 Å². The first-order valence-electron chi connectivity index (χ1n) is 7.73. The van der Waals surface area contributed by atoms with E-state index in [1.807, 2.05) is 0 Å². The number of hydrogen-bond donors (Lipinski definition) is 3. The standard InChI is InChI=1S/C18H18O7/c19-13-5-1-11(9-15(13)21)4-8-18(24)25-16-10-12(2-6-14(16)20)3-7-17(22)23/h1,3,5,7,9-10,12,19,21H,2,4,6,8H2,(H,22,23). The Kier molecular flexibility index (Phi) is 5.94. The number of carboxylic acid groups (broad SMARTS) is 1. The average molecular weight is 346 g/mol. The number of allylic oxidation sites excluding steroid dienone is 3. The Morgan fingerprint density at radius 1 is 1.24 bits per heavy atom. The molecule has 1 aliphatic rings. The summed E-state index contributed by atoms with van der Waals surface area (Å²) in [5.41, 5.74) is 0.637. The fourth-order valence-electron chi connectivity index (χ4n) is 2.38. The highest BCUT2D eigenvalue weighted by molar-refractivity contribution is 5.96. The predicted molar refractivity (Wildman–Crippen MR) is 86.8 cm³/mol. The number of esters is 1. The summed E-state index contributed by atoms with van der Waals surface area (Å²) in [5, 5.41) is 27.3. The molecule has 0 saturated heterocycles. The van der Waals surface area contributed by atoms with E-state index in [1.54, 1.807) is 6.07 Å². The van der Waals surface area contributed by atoms with Crippen LogP contribution in [-0.2, 0) is 25.5 Å². The smallest absolute Gasteiger partial charge is 0.327 e. The van der Waals surface area contributed by atoms with Crippen LogP contribution in [0.4, 0.5) is 0 Å². The number of carboxylic acids is 1. The molecule has 1 aromatic carbocycles. The third-order valence-electron chi connectivity index (χ3n) is 3.71. The van der Waals surface area contributed by atoms with Gasteiger partial charge in [0, 0.05) is 18.9 Å². The Balaban J connectivity index is 1.94. The minimum atomic E-state index is -1.08. The SMILES string of the molecule is O=C(O)C=CC1C=C(OC(=O)CCc2ccc(O)c(O)c2)C(=O)CC1. The molecule has 7 nitrogen and oxygen atoms in total. The molecule has 25 heavy (non-hydrogen) atoms. The number of aryl methyl sites for hydroxylation is 1. The number of ether oxygens (including phenoxy) is 1. The van der Waals surface area contributed by atoms with E-state index in [2.05, 4.69) is 0 Å². The second-order valence-electron chi connectivity index (χ2n) is 5.65. The summed E-state index contributed by atoms with van der Waals surface area (Å²) in [6.45, 7) is 0. The Labute approximate surface area is 143 Å². The lowest BCUT2D eigenvalue weighted by Crippen LogP contribution is -2.18. The van der Waals surface area contributed by atoms with Gasteiger partial charge in [-0.15, -0.1) is 0 Å². The van der Waals surface area contributed by atoms with Crippen LogP contribution in [0.3, 0.4) is 0 Å². The quantitative estimate of drug-likeness (QED) is 0.409. The van der Waals surface area contributed by atoms with Crippen LogP contribution in [0.2, 0.25) is 0 Å². The minimum Gasteiger partial charge on any atom is -0.504 e. The lowest BCUT2D eigenvalue weighted by atomic mass is 9.93. The molecule has 3 N–H and O–H groups in total. The molecule has 0 aromatic heterocycles. The van der Waals surface area contributed by atoms with Crippen molar-refractivity contribution in [3.8, 4) is 11.5 Å². The molecule has 1 aromatic rings. The number of phenols is 2. The maximum atomic E-state index is 11.9. The maximum Gasteiger partial charge on any atom is 0.327 e. The van der Waals surface area contributed by atoms with Crippen LogP contribution in [0.15, 0.2) is 42.2 Å². The lowest BCUT2D eigenvalue weighted by Gasteiger charge is -2.17. The van der Waals surface area contributed by atoms with E-state index < -0.39 is 11.9 Å². The fraction of sp³-hybridized carbons (Fsp3) is 0.278. The molecule has 0 heterocycles. The van der Waals surface area contributed by atoms with Gasteiger partial charge in [-0.2, -0.15) is 0 Å². The molecule has 1 unspecified atom stereocenters. The molecule has 132 valence electrons. The van der Waals surface area contributed by atoms with Crippen LogP contribution in [0, 0.1) is 5.92 Å². The average Bonchev–Trinajstić information content (AvgIpc) is 2.56. The van der Waals surface area contributed by atoms with E-state index in [0.717, 1.165) is 6.08 Å². The van der Waals surface area contributed by atoms with E-state index in [1.165, 1.54) is 24.3 Å². The summed E-state index contributed by atoms with van der Waals surface area (Å²) in [5.74, 6) is -2.84. The van der Waals surface area contributed by atoms with E-state index >= 15 is 0 Å². The molecule has 2 rings (SSSR count). The Hall–Kier alpha value is -3.09. The molecule has 1 atom stereocenters. The highest BCUT2D eigenvalue weighted by Gasteiger charge is 2.22. The number of carbonyl (C=O) groups is 3. The maximum absolute atomic E-state index is 11.9. The number of rotatable bonds is 6. The van der Waals surface area contributed by atoms with E-state index in [-0.39, 0.29) is 48.2 Å². The zero-order valence-corrected chi connectivity index (χ0v) is 13.3. The van der Waals surface area contributed by atoms with Crippen molar-refractivity contribution >= 4 is 17.7 Å².